The van der Waals surface area contributed by atoms with Gasteiger partial charge in [-0.2, -0.15) is 0 Å². The van der Waals surface area contributed by atoms with E-state index in [1.165, 1.54) is 13.2 Å². The van der Waals surface area contributed by atoms with Crippen LogP contribution in [0.1, 0.15) is 39.1 Å². The fourth-order valence-corrected chi connectivity index (χ4v) is 5.34. The normalized spacial score (nSPS) is 13.4. The van der Waals surface area contributed by atoms with Gasteiger partial charge < -0.3 is 29.7 Å². The molecule has 0 unspecified atom stereocenters. The fourth-order valence-electron chi connectivity index (χ4n) is 5.34. The molecule has 2 N–H and O–H groups in total. The lowest BCUT2D eigenvalue weighted by Gasteiger charge is -2.32. The first-order chi connectivity index (χ1) is 22.5. The lowest BCUT2D eigenvalue weighted by molar-refractivity contribution is -0.274. The summed E-state index contributed by atoms with van der Waals surface area (Å²) in [5, 5.41) is 5.60. The molecule has 4 aromatic carbocycles. The second-order valence-electron chi connectivity index (χ2n) is 10.9. The molecule has 1 fully saturated rings. The van der Waals surface area contributed by atoms with Crippen LogP contribution in [0.4, 0.5) is 29.3 Å². The third kappa shape index (κ3) is 8.60. The largest absolute Gasteiger partial charge is 0.573 e. The molecule has 0 radical (unpaired) electrons. The third-order valence-corrected chi connectivity index (χ3v) is 7.53. The van der Waals surface area contributed by atoms with Gasteiger partial charge in [0.2, 0.25) is 0 Å². The quantitative estimate of drug-likeness (QED) is 0.190. The van der Waals surface area contributed by atoms with E-state index in [0.717, 1.165) is 6.07 Å². The molecule has 1 heterocycles. The summed E-state index contributed by atoms with van der Waals surface area (Å²) < 4.78 is 54.1. The number of methoxy groups -OCH3 is 1. The summed E-state index contributed by atoms with van der Waals surface area (Å²) in [6.07, 6.45) is -3.97. The number of hydrogen-bond acceptors (Lipinski definition) is 6. The molecule has 0 atom stereocenters. The molecule has 0 saturated carbocycles. The number of carbonyl (C=O) groups excluding carboxylic acids is 3. The monoisotopic (exact) mass is 647 g/mol. The number of carbonyl (C=O) groups is 3. The minimum absolute atomic E-state index is 0.0202. The van der Waals surface area contributed by atoms with Crippen LogP contribution in [0, 0.1) is 6.92 Å². The standard InChI is InChI=1S/C35H32F3N3O6/c1-22-19-29(47-35(36,37)38)21-30(31(22)23-7-4-3-5-8-23)32(42)39-26-9-6-10-28(20-26)46-27-15-17-41(18-16-27)34(44)40-25-13-11-24(12-14-25)33(43)45-2/h3-14,19-21,27H,15-18H2,1-2H3,(H,39,42)(H,40,44). The number of ether oxygens (including phenoxy) is 3. The number of alkyl halides is 3. The number of aryl methyl sites for hydroxylation is 1. The first-order valence-electron chi connectivity index (χ1n) is 14.8. The maximum Gasteiger partial charge on any atom is 0.573 e. The first kappa shape index (κ1) is 32.9. The number of likely N-dealkylation sites (tertiary alicyclic amines) is 1. The summed E-state index contributed by atoms with van der Waals surface area (Å²) in [4.78, 5) is 39.6. The van der Waals surface area contributed by atoms with Crippen LogP contribution in [0.2, 0.25) is 0 Å². The molecule has 1 aliphatic rings. The van der Waals surface area contributed by atoms with Crippen LogP contribution in [-0.4, -0.2) is 55.5 Å². The molecule has 47 heavy (non-hydrogen) atoms. The highest BCUT2D eigenvalue weighted by atomic mass is 19.4. The minimum Gasteiger partial charge on any atom is -0.490 e. The third-order valence-electron chi connectivity index (χ3n) is 7.53. The number of benzene rings is 4. The van der Waals surface area contributed by atoms with Gasteiger partial charge in [0, 0.05) is 43.4 Å². The highest BCUT2D eigenvalue weighted by molar-refractivity contribution is 6.09. The highest BCUT2D eigenvalue weighted by Crippen LogP contribution is 2.34. The number of nitrogens with zero attached hydrogens (tertiary/aromatic N) is 1. The number of amides is 3. The zero-order chi connectivity index (χ0) is 33.6. The second-order valence-corrected chi connectivity index (χ2v) is 10.9. The Labute approximate surface area is 269 Å². The number of nitrogens with one attached hydrogen (secondary N) is 2. The Hall–Kier alpha value is -5.52. The molecule has 0 aromatic heterocycles. The molecule has 9 nitrogen and oxygen atoms in total. The van der Waals surface area contributed by atoms with Crippen LogP contribution < -0.4 is 20.1 Å². The molecule has 12 heteroatoms. The molecule has 244 valence electrons. The van der Waals surface area contributed by atoms with Crippen LogP contribution in [-0.2, 0) is 4.74 Å². The Bertz CT molecular complexity index is 1740. The molecule has 1 aliphatic heterocycles. The van der Waals surface area contributed by atoms with Crippen molar-refractivity contribution in [3.63, 3.8) is 0 Å². The van der Waals surface area contributed by atoms with Crippen molar-refractivity contribution in [1.82, 2.24) is 4.90 Å². The Kier molecular flexibility index (Phi) is 9.98. The molecule has 3 amide bonds. The van der Waals surface area contributed by atoms with Gasteiger partial charge in [0.25, 0.3) is 5.91 Å². The predicted octanol–water partition coefficient (Wildman–Crippen LogP) is 7.67. The van der Waals surface area contributed by atoms with Crippen molar-refractivity contribution in [3.8, 4) is 22.6 Å². The van der Waals surface area contributed by atoms with Crippen LogP contribution in [0.25, 0.3) is 11.1 Å². The van der Waals surface area contributed by atoms with Crippen molar-refractivity contribution in [3.05, 3.63) is 108 Å². The van der Waals surface area contributed by atoms with Crippen LogP contribution in [0.15, 0.2) is 91.0 Å². The first-order valence-corrected chi connectivity index (χ1v) is 14.8. The van der Waals surface area contributed by atoms with Crippen molar-refractivity contribution >= 4 is 29.3 Å². The highest BCUT2D eigenvalue weighted by Gasteiger charge is 2.32. The van der Waals surface area contributed by atoms with Gasteiger partial charge in [-0.25, -0.2) is 9.59 Å². The zero-order valence-corrected chi connectivity index (χ0v) is 25.6. The van der Waals surface area contributed by atoms with Gasteiger partial charge in [0.15, 0.2) is 0 Å². The number of rotatable bonds is 8. The van der Waals surface area contributed by atoms with Crippen LogP contribution in [0.3, 0.4) is 0 Å². The summed E-state index contributed by atoms with van der Waals surface area (Å²) in [6, 6.07) is 24.1. The van der Waals surface area contributed by atoms with E-state index in [2.05, 4.69) is 20.1 Å². The molecule has 0 bridgehead atoms. The van der Waals surface area contributed by atoms with Gasteiger partial charge in [-0.15, -0.1) is 13.2 Å². The van der Waals surface area contributed by atoms with Gasteiger partial charge in [-0.3, -0.25) is 4.79 Å². The molecule has 4 aromatic rings. The lowest BCUT2D eigenvalue weighted by Crippen LogP contribution is -2.43. The number of urea groups is 1. The van der Waals surface area contributed by atoms with E-state index in [1.54, 1.807) is 90.7 Å². The van der Waals surface area contributed by atoms with E-state index in [0.29, 0.717) is 65.3 Å². The number of anilines is 2. The van der Waals surface area contributed by atoms with Crippen molar-refractivity contribution in [2.24, 2.45) is 0 Å². The SMILES string of the molecule is COC(=O)c1ccc(NC(=O)N2CCC(Oc3cccc(NC(=O)c4cc(OC(F)(F)F)cc(C)c4-c4ccccc4)c3)CC2)cc1. The second kappa shape index (κ2) is 14.3. The zero-order valence-electron chi connectivity index (χ0n) is 25.6. The topological polar surface area (TPSA) is 106 Å². The summed E-state index contributed by atoms with van der Waals surface area (Å²) in [6.45, 7) is 2.52. The van der Waals surface area contributed by atoms with E-state index in [4.69, 9.17) is 4.74 Å². The summed E-state index contributed by atoms with van der Waals surface area (Å²) >= 11 is 0. The van der Waals surface area contributed by atoms with Gasteiger partial charge in [-0.1, -0.05) is 36.4 Å². The van der Waals surface area contributed by atoms with Crippen molar-refractivity contribution in [2.75, 3.05) is 30.8 Å². The van der Waals surface area contributed by atoms with Crippen LogP contribution in [0.5, 0.6) is 11.5 Å². The summed E-state index contributed by atoms with van der Waals surface area (Å²) in [5.41, 5.74) is 2.93. The molecule has 1 saturated heterocycles. The average molecular weight is 648 g/mol. The maximum atomic E-state index is 13.5. The van der Waals surface area contributed by atoms with Gasteiger partial charge in [-0.05, 0) is 72.1 Å². The van der Waals surface area contributed by atoms with Crippen molar-refractivity contribution < 1.29 is 41.8 Å². The molecular weight excluding hydrogens is 615 g/mol. The smallest absolute Gasteiger partial charge is 0.490 e. The lowest BCUT2D eigenvalue weighted by atomic mass is 9.94. The van der Waals surface area contributed by atoms with E-state index < -0.39 is 24.0 Å². The molecule has 0 spiro atoms. The van der Waals surface area contributed by atoms with E-state index >= 15 is 0 Å². The summed E-state index contributed by atoms with van der Waals surface area (Å²) in [7, 11) is 1.30. The Morgan fingerprint density at radius 1 is 0.809 bits per heavy atom. The van der Waals surface area contributed by atoms with Gasteiger partial charge >= 0.3 is 18.4 Å². The van der Waals surface area contributed by atoms with Gasteiger partial charge in [0.05, 0.1) is 18.2 Å². The number of hydrogen-bond donors (Lipinski definition) is 2. The molecule has 0 aliphatic carbocycles. The fraction of sp³-hybridized carbons (Fsp3) is 0.229. The number of esters is 1. The minimum atomic E-state index is -4.92. The average Bonchev–Trinajstić information content (AvgIpc) is 3.04. The van der Waals surface area contributed by atoms with Crippen LogP contribution >= 0.6 is 0 Å². The molecular formula is C35H32F3N3O6. The summed E-state index contributed by atoms with van der Waals surface area (Å²) in [5.74, 6) is -1.08. The van der Waals surface area contributed by atoms with E-state index in [-0.39, 0.29) is 17.7 Å². The molecule has 5 rings (SSSR count). The number of piperidine rings is 1. The maximum absolute atomic E-state index is 13.5. The Morgan fingerprint density at radius 3 is 2.17 bits per heavy atom. The van der Waals surface area contributed by atoms with Gasteiger partial charge in [0.1, 0.15) is 17.6 Å². The van der Waals surface area contributed by atoms with E-state index in [1.807, 2.05) is 0 Å². The van der Waals surface area contributed by atoms with E-state index in [9.17, 15) is 27.6 Å². The number of halogens is 3. The Balaban J connectivity index is 1.22. The van der Waals surface area contributed by atoms with Crippen molar-refractivity contribution in [1.29, 1.82) is 0 Å². The van der Waals surface area contributed by atoms with Crippen molar-refractivity contribution in [2.45, 2.75) is 32.2 Å². The predicted molar refractivity (Wildman–Crippen MR) is 170 cm³/mol. The Morgan fingerprint density at radius 2 is 1.51 bits per heavy atom.